The van der Waals surface area contributed by atoms with Gasteiger partial charge in [0.25, 0.3) is 0 Å². The van der Waals surface area contributed by atoms with Gasteiger partial charge in [-0.15, -0.1) is 0 Å². The fraction of sp³-hybridized carbons (Fsp3) is 0.700. The van der Waals surface area contributed by atoms with Crippen molar-refractivity contribution < 1.29 is 4.79 Å². The first-order valence-corrected chi connectivity index (χ1v) is 4.71. The highest BCUT2D eigenvalue weighted by molar-refractivity contribution is 5.73. The van der Waals surface area contributed by atoms with Crippen molar-refractivity contribution in [1.29, 1.82) is 0 Å². The van der Waals surface area contributed by atoms with Crippen LogP contribution in [0, 0.1) is 11.8 Å². The molecule has 2 nitrogen and oxygen atoms in total. The van der Waals surface area contributed by atoms with Gasteiger partial charge in [-0.25, -0.2) is 0 Å². The molecule has 12 heavy (non-hydrogen) atoms. The van der Waals surface area contributed by atoms with Crippen LogP contribution in [0.15, 0.2) is 12.2 Å². The second-order valence-corrected chi connectivity index (χ2v) is 3.94. The van der Waals surface area contributed by atoms with Crippen LogP contribution in [0.1, 0.15) is 26.2 Å². The van der Waals surface area contributed by atoms with Crippen molar-refractivity contribution in [3.05, 3.63) is 12.2 Å². The van der Waals surface area contributed by atoms with Gasteiger partial charge < -0.3 is 5.32 Å². The Kier molecular flexibility index (Phi) is 1.91. The van der Waals surface area contributed by atoms with Crippen LogP contribution < -0.4 is 5.32 Å². The summed E-state index contributed by atoms with van der Waals surface area (Å²) in [6, 6.07) is 0.321. The monoisotopic (exact) mass is 165 g/mol. The van der Waals surface area contributed by atoms with Crippen molar-refractivity contribution in [1.82, 2.24) is 5.32 Å². The van der Waals surface area contributed by atoms with E-state index in [4.69, 9.17) is 0 Å². The molecular weight excluding hydrogens is 150 g/mol. The second kappa shape index (κ2) is 2.92. The summed E-state index contributed by atoms with van der Waals surface area (Å²) in [6.45, 7) is 1.59. The Morgan fingerprint density at radius 2 is 2.25 bits per heavy atom. The molecule has 1 N–H and O–H groups in total. The van der Waals surface area contributed by atoms with Gasteiger partial charge in [0.05, 0.1) is 0 Å². The summed E-state index contributed by atoms with van der Waals surface area (Å²) in [5, 5.41) is 2.98. The van der Waals surface area contributed by atoms with Crippen LogP contribution in [0.3, 0.4) is 0 Å². The molecule has 1 amide bonds. The van der Waals surface area contributed by atoms with E-state index in [0.717, 1.165) is 5.92 Å². The number of amides is 1. The molecule has 2 rings (SSSR count). The van der Waals surface area contributed by atoms with Crippen LogP contribution in [-0.4, -0.2) is 11.9 Å². The Balaban J connectivity index is 2.02. The molecule has 0 aromatic carbocycles. The highest BCUT2D eigenvalue weighted by atomic mass is 16.1. The lowest BCUT2D eigenvalue weighted by molar-refractivity contribution is -0.119. The van der Waals surface area contributed by atoms with Gasteiger partial charge in [0.2, 0.25) is 5.91 Å². The molecule has 0 aliphatic heterocycles. The van der Waals surface area contributed by atoms with Gasteiger partial charge in [0, 0.05) is 13.0 Å². The van der Waals surface area contributed by atoms with Gasteiger partial charge in [-0.05, 0) is 31.1 Å². The molecule has 3 unspecified atom stereocenters. The number of nitrogens with one attached hydrogen (secondary N) is 1. The summed E-state index contributed by atoms with van der Waals surface area (Å²) in [5.41, 5.74) is 0. The van der Waals surface area contributed by atoms with E-state index in [1.807, 2.05) is 0 Å². The SMILES string of the molecule is CC(=O)NC1C=CC2CCC1C2. The fourth-order valence-electron chi connectivity index (χ4n) is 2.39. The summed E-state index contributed by atoms with van der Waals surface area (Å²) in [6.07, 6.45) is 8.32. The van der Waals surface area contributed by atoms with Crippen LogP contribution >= 0.6 is 0 Å². The van der Waals surface area contributed by atoms with Crippen LogP contribution in [0.2, 0.25) is 0 Å². The number of carbonyl (C=O) groups excluding carboxylic acids is 1. The molecule has 2 bridgehead atoms. The van der Waals surface area contributed by atoms with Crippen molar-refractivity contribution in [3.8, 4) is 0 Å². The van der Waals surface area contributed by atoms with Crippen molar-refractivity contribution in [3.63, 3.8) is 0 Å². The minimum atomic E-state index is 0.0926. The zero-order chi connectivity index (χ0) is 8.55. The van der Waals surface area contributed by atoms with Gasteiger partial charge in [-0.2, -0.15) is 0 Å². The predicted molar refractivity (Wildman–Crippen MR) is 47.6 cm³/mol. The van der Waals surface area contributed by atoms with Crippen molar-refractivity contribution >= 4 is 5.91 Å². The zero-order valence-electron chi connectivity index (χ0n) is 7.42. The van der Waals surface area contributed by atoms with E-state index in [1.165, 1.54) is 19.3 Å². The van der Waals surface area contributed by atoms with Crippen molar-refractivity contribution in [2.45, 2.75) is 32.2 Å². The third kappa shape index (κ3) is 1.38. The van der Waals surface area contributed by atoms with E-state index >= 15 is 0 Å². The van der Waals surface area contributed by atoms with Gasteiger partial charge in [-0.3, -0.25) is 4.79 Å². The number of carbonyl (C=O) groups is 1. The van der Waals surface area contributed by atoms with Gasteiger partial charge in [0.15, 0.2) is 0 Å². The lowest BCUT2D eigenvalue weighted by Crippen LogP contribution is -2.37. The molecule has 0 saturated heterocycles. The lowest BCUT2D eigenvalue weighted by atomic mass is 9.91. The maximum Gasteiger partial charge on any atom is 0.217 e. The van der Waals surface area contributed by atoms with Gasteiger partial charge in [0.1, 0.15) is 0 Å². The topological polar surface area (TPSA) is 29.1 Å². The number of hydrogen-bond donors (Lipinski definition) is 1. The molecule has 66 valence electrons. The van der Waals surface area contributed by atoms with Crippen LogP contribution in [-0.2, 0) is 4.79 Å². The Bertz CT molecular complexity index is 222. The maximum absolute atomic E-state index is 10.8. The van der Waals surface area contributed by atoms with Crippen LogP contribution in [0.25, 0.3) is 0 Å². The van der Waals surface area contributed by atoms with E-state index in [2.05, 4.69) is 17.5 Å². The smallest absolute Gasteiger partial charge is 0.217 e. The lowest BCUT2D eigenvalue weighted by Gasteiger charge is -2.24. The van der Waals surface area contributed by atoms with Crippen LogP contribution in [0.4, 0.5) is 0 Å². The third-order valence-corrected chi connectivity index (χ3v) is 2.98. The van der Waals surface area contributed by atoms with Crippen LogP contribution in [0.5, 0.6) is 0 Å². The summed E-state index contributed by atoms with van der Waals surface area (Å²) in [4.78, 5) is 10.8. The quantitative estimate of drug-likeness (QED) is 0.586. The molecule has 3 atom stereocenters. The van der Waals surface area contributed by atoms with Crippen molar-refractivity contribution in [2.24, 2.45) is 11.8 Å². The molecule has 2 aliphatic rings. The highest BCUT2D eigenvalue weighted by Crippen LogP contribution is 2.37. The number of rotatable bonds is 1. The van der Waals surface area contributed by atoms with E-state index in [1.54, 1.807) is 6.92 Å². The Hall–Kier alpha value is -0.790. The molecule has 2 heteroatoms. The molecular formula is C10H15NO. The standard InChI is InChI=1S/C10H15NO/c1-7(12)11-10-5-3-8-2-4-9(10)6-8/h3,5,8-10H,2,4,6H2,1H3,(H,11,12). The first-order chi connectivity index (χ1) is 5.75. The third-order valence-electron chi connectivity index (χ3n) is 2.98. The molecule has 1 saturated carbocycles. The molecule has 0 aromatic heterocycles. The fourth-order valence-corrected chi connectivity index (χ4v) is 2.39. The van der Waals surface area contributed by atoms with Crippen molar-refractivity contribution in [2.75, 3.05) is 0 Å². The molecule has 0 spiro atoms. The normalized spacial score (nSPS) is 38.2. The molecule has 1 fully saturated rings. The summed E-state index contributed by atoms with van der Waals surface area (Å²) in [7, 11) is 0. The average Bonchev–Trinajstić information content (AvgIpc) is 2.39. The first-order valence-electron chi connectivity index (χ1n) is 4.71. The first kappa shape index (κ1) is 7.84. The second-order valence-electron chi connectivity index (χ2n) is 3.94. The van der Waals surface area contributed by atoms with E-state index in [0.29, 0.717) is 12.0 Å². The zero-order valence-corrected chi connectivity index (χ0v) is 7.42. The Labute approximate surface area is 73.0 Å². The summed E-state index contributed by atoms with van der Waals surface area (Å²) < 4.78 is 0. The predicted octanol–water partition coefficient (Wildman–Crippen LogP) is 1.48. The summed E-state index contributed by atoms with van der Waals surface area (Å²) in [5.74, 6) is 1.61. The minimum absolute atomic E-state index is 0.0926. The van der Waals surface area contributed by atoms with E-state index in [-0.39, 0.29) is 5.91 Å². The number of allylic oxidation sites excluding steroid dienone is 1. The molecule has 0 radical (unpaired) electrons. The molecule has 2 aliphatic carbocycles. The van der Waals surface area contributed by atoms with E-state index in [9.17, 15) is 4.79 Å². The van der Waals surface area contributed by atoms with E-state index < -0.39 is 0 Å². The Morgan fingerprint density at radius 1 is 1.42 bits per heavy atom. The minimum Gasteiger partial charge on any atom is -0.350 e. The maximum atomic E-state index is 10.8. The molecule has 0 aromatic rings. The summed E-state index contributed by atoms with van der Waals surface area (Å²) >= 11 is 0. The number of fused-ring (bicyclic) bond motifs is 2. The highest BCUT2D eigenvalue weighted by Gasteiger charge is 2.32. The largest absolute Gasteiger partial charge is 0.350 e. The van der Waals surface area contributed by atoms with Gasteiger partial charge in [-0.1, -0.05) is 12.2 Å². The molecule has 0 heterocycles. The average molecular weight is 165 g/mol. The van der Waals surface area contributed by atoms with Gasteiger partial charge >= 0.3 is 0 Å². The number of hydrogen-bond acceptors (Lipinski definition) is 1. The Morgan fingerprint density at radius 3 is 3.00 bits per heavy atom.